The van der Waals surface area contributed by atoms with E-state index in [-0.39, 0.29) is 11.5 Å². The molecule has 0 aliphatic heterocycles. The fourth-order valence-electron chi connectivity index (χ4n) is 2.16. The van der Waals surface area contributed by atoms with Gasteiger partial charge in [0.25, 0.3) is 5.56 Å². The van der Waals surface area contributed by atoms with Crippen molar-refractivity contribution in [2.24, 2.45) is 0 Å². The molecule has 23 heavy (non-hydrogen) atoms. The Labute approximate surface area is 140 Å². The average Bonchev–Trinajstić information content (AvgIpc) is 2.89. The van der Waals surface area contributed by atoms with E-state index in [2.05, 4.69) is 20.0 Å². The van der Waals surface area contributed by atoms with Gasteiger partial charge in [0.05, 0.1) is 16.9 Å². The van der Waals surface area contributed by atoms with Crippen molar-refractivity contribution < 1.29 is 0 Å². The number of nitrogens with one attached hydrogen (secondary N) is 1. The lowest BCUT2D eigenvalue weighted by Crippen LogP contribution is -2.31. The molecule has 0 saturated carbocycles. The van der Waals surface area contributed by atoms with Crippen molar-refractivity contribution in [3.05, 3.63) is 39.5 Å². The second kappa shape index (κ2) is 7.61. The SMILES string of the molecule is C[C@H](Cn1cc(Cl)cn1)c1cc(=O)[nH]c(N(C)CCN(C)C)n1. The average molecular weight is 339 g/mol. The predicted octanol–water partition coefficient (Wildman–Crippen LogP) is 1.42. The number of rotatable bonds is 7. The topological polar surface area (TPSA) is 70.1 Å². The van der Waals surface area contributed by atoms with E-state index in [0.29, 0.717) is 17.5 Å². The van der Waals surface area contributed by atoms with Gasteiger partial charge in [-0.05, 0) is 14.1 Å². The number of aromatic nitrogens is 4. The molecule has 0 aliphatic rings. The monoisotopic (exact) mass is 338 g/mol. The lowest BCUT2D eigenvalue weighted by molar-refractivity contribution is 0.415. The first-order valence-electron chi connectivity index (χ1n) is 7.50. The van der Waals surface area contributed by atoms with Gasteiger partial charge < -0.3 is 9.80 Å². The van der Waals surface area contributed by atoms with Crippen LogP contribution in [0.4, 0.5) is 5.95 Å². The van der Waals surface area contributed by atoms with Crippen molar-refractivity contribution in [3.63, 3.8) is 0 Å². The Balaban J connectivity index is 2.14. The summed E-state index contributed by atoms with van der Waals surface area (Å²) in [5.41, 5.74) is 0.596. The normalized spacial score (nSPS) is 12.6. The largest absolute Gasteiger partial charge is 0.344 e. The smallest absolute Gasteiger partial charge is 0.252 e. The predicted molar refractivity (Wildman–Crippen MR) is 92.3 cm³/mol. The number of H-pyrrole nitrogens is 1. The van der Waals surface area contributed by atoms with Crippen LogP contribution in [0.15, 0.2) is 23.3 Å². The lowest BCUT2D eigenvalue weighted by atomic mass is 10.1. The van der Waals surface area contributed by atoms with Crippen LogP contribution in [0.5, 0.6) is 0 Å². The summed E-state index contributed by atoms with van der Waals surface area (Å²) < 4.78 is 1.76. The Morgan fingerprint density at radius 2 is 2.09 bits per heavy atom. The van der Waals surface area contributed by atoms with E-state index in [9.17, 15) is 4.79 Å². The van der Waals surface area contributed by atoms with Crippen molar-refractivity contribution in [2.45, 2.75) is 19.4 Å². The Bertz CT molecular complexity index is 695. The maximum atomic E-state index is 11.9. The third-order valence-corrected chi connectivity index (χ3v) is 3.76. The maximum Gasteiger partial charge on any atom is 0.252 e. The third kappa shape index (κ3) is 5.07. The van der Waals surface area contributed by atoms with Crippen LogP contribution in [-0.4, -0.2) is 58.9 Å². The molecule has 0 radical (unpaired) electrons. The molecule has 0 amide bonds. The summed E-state index contributed by atoms with van der Waals surface area (Å²) in [5, 5.41) is 4.76. The first-order chi connectivity index (χ1) is 10.8. The minimum absolute atomic E-state index is 0.0502. The minimum atomic E-state index is -0.146. The Kier molecular flexibility index (Phi) is 5.79. The van der Waals surface area contributed by atoms with E-state index in [1.54, 1.807) is 23.1 Å². The molecule has 7 nitrogen and oxygen atoms in total. The Morgan fingerprint density at radius 1 is 1.35 bits per heavy atom. The van der Waals surface area contributed by atoms with Gasteiger partial charge in [-0.25, -0.2) is 4.98 Å². The van der Waals surface area contributed by atoms with Crippen LogP contribution in [0.25, 0.3) is 0 Å². The molecule has 0 saturated heterocycles. The first kappa shape index (κ1) is 17.5. The van der Waals surface area contributed by atoms with E-state index in [1.807, 2.05) is 33.0 Å². The van der Waals surface area contributed by atoms with E-state index in [1.165, 1.54) is 0 Å². The second-order valence-electron chi connectivity index (χ2n) is 6.00. The summed E-state index contributed by atoms with van der Waals surface area (Å²) in [4.78, 5) is 23.4. The van der Waals surface area contributed by atoms with Crippen LogP contribution >= 0.6 is 11.6 Å². The van der Waals surface area contributed by atoms with Crippen LogP contribution in [0.1, 0.15) is 18.5 Å². The summed E-state index contributed by atoms with van der Waals surface area (Å²) >= 11 is 5.88. The van der Waals surface area contributed by atoms with Gasteiger partial charge in [0.1, 0.15) is 0 Å². The summed E-state index contributed by atoms with van der Waals surface area (Å²) in [6, 6.07) is 1.54. The van der Waals surface area contributed by atoms with Gasteiger partial charge in [-0.3, -0.25) is 14.5 Å². The molecule has 0 spiro atoms. The van der Waals surface area contributed by atoms with Crippen LogP contribution in [0.3, 0.4) is 0 Å². The highest BCUT2D eigenvalue weighted by Gasteiger charge is 2.13. The van der Waals surface area contributed by atoms with Crippen molar-refractivity contribution in [2.75, 3.05) is 39.1 Å². The minimum Gasteiger partial charge on any atom is -0.344 e. The number of nitrogens with zero attached hydrogens (tertiary/aromatic N) is 5. The molecular weight excluding hydrogens is 316 g/mol. The summed E-state index contributed by atoms with van der Waals surface area (Å²) in [6.45, 7) is 4.29. The highest BCUT2D eigenvalue weighted by atomic mass is 35.5. The summed E-state index contributed by atoms with van der Waals surface area (Å²) in [7, 11) is 5.94. The summed E-state index contributed by atoms with van der Waals surface area (Å²) in [6.07, 6.45) is 3.36. The van der Waals surface area contributed by atoms with Gasteiger partial charge in [0.15, 0.2) is 0 Å². The molecule has 8 heteroatoms. The van der Waals surface area contributed by atoms with Gasteiger partial charge in [0, 0.05) is 44.9 Å². The van der Waals surface area contributed by atoms with Gasteiger partial charge in [-0.15, -0.1) is 0 Å². The zero-order valence-corrected chi connectivity index (χ0v) is 14.7. The van der Waals surface area contributed by atoms with Gasteiger partial charge in [0.2, 0.25) is 5.95 Å². The van der Waals surface area contributed by atoms with E-state index < -0.39 is 0 Å². The molecule has 0 aromatic carbocycles. The Hall–Kier alpha value is -1.86. The molecular formula is C15H23ClN6O. The number of hydrogen-bond donors (Lipinski definition) is 1. The molecule has 1 atom stereocenters. The van der Waals surface area contributed by atoms with Gasteiger partial charge in [-0.1, -0.05) is 18.5 Å². The number of anilines is 1. The Morgan fingerprint density at radius 3 is 2.70 bits per heavy atom. The molecule has 0 aliphatic carbocycles. The number of likely N-dealkylation sites (N-methyl/N-ethyl adjacent to an activating group) is 2. The summed E-state index contributed by atoms with van der Waals surface area (Å²) in [5.74, 6) is 0.633. The lowest BCUT2D eigenvalue weighted by Gasteiger charge is -2.21. The van der Waals surface area contributed by atoms with Crippen LogP contribution < -0.4 is 10.5 Å². The van der Waals surface area contributed by atoms with Gasteiger partial charge in [-0.2, -0.15) is 5.10 Å². The van der Waals surface area contributed by atoms with Crippen LogP contribution in [-0.2, 0) is 6.54 Å². The molecule has 0 fully saturated rings. The second-order valence-corrected chi connectivity index (χ2v) is 6.44. The van der Waals surface area contributed by atoms with E-state index in [0.717, 1.165) is 18.8 Å². The quantitative estimate of drug-likeness (QED) is 0.826. The van der Waals surface area contributed by atoms with E-state index in [4.69, 9.17) is 11.6 Å². The van der Waals surface area contributed by atoms with Gasteiger partial charge >= 0.3 is 0 Å². The zero-order chi connectivity index (χ0) is 17.0. The molecule has 2 aromatic heterocycles. The highest BCUT2D eigenvalue weighted by molar-refractivity contribution is 6.30. The van der Waals surface area contributed by atoms with Crippen LogP contribution in [0, 0.1) is 0 Å². The van der Waals surface area contributed by atoms with Crippen LogP contribution in [0.2, 0.25) is 5.02 Å². The van der Waals surface area contributed by atoms with Crippen molar-refractivity contribution in [1.29, 1.82) is 0 Å². The fraction of sp³-hybridized carbons (Fsp3) is 0.533. The molecule has 2 aromatic rings. The molecule has 126 valence electrons. The molecule has 0 bridgehead atoms. The van der Waals surface area contributed by atoms with Crippen molar-refractivity contribution in [3.8, 4) is 0 Å². The highest BCUT2D eigenvalue weighted by Crippen LogP contribution is 2.16. The number of aromatic amines is 1. The molecule has 2 rings (SSSR count). The van der Waals surface area contributed by atoms with E-state index >= 15 is 0 Å². The fourth-order valence-corrected chi connectivity index (χ4v) is 2.32. The standard InChI is InChI=1S/C15H23ClN6O/c1-11(9-22-10-12(16)8-17-22)13-7-14(23)19-15(18-13)21(4)6-5-20(2)3/h7-8,10-11H,5-6,9H2,1-4H3,(H,18,19,23)/t11-/m1/s1. The molecule has 2 heterocycles. The van der Waals surface area contributed by atoms with Crippen molar-refractivity contribution in [1.82, 2.24) is 24.6 Å². The molecule has 0 unspecified atom stereocenters. The van der Waals surface area contributed by atoms with Crippen molar-refractivity contribution >= 4 is 17.5 Å². The number of halogens is 1. The molecule has 1 N–H and O–H groups in total. The first-order valence-corrected chi connectivity index (χ1v) is 7.88. The third-order valence-electron chi connectivity index (χ3n) is 3.56. The zero-order valence-electron chi connectivity index (χ0n) is 14.0. The maximum absolute atomic E-state index is 11.9. The number of hydrogen-bond acceptors (Lipinski definition) is 5.